The molecular weight excluding hydrogens is 539 g/mol. The second-order valence-electron chi connectivity index (χ2n) is 4.86. The van der Waals surface area contributed by atoms with E-state index in [2.05, 4.69) is 50.2 Å². The van der Waals surface area contributed by atoms with Crippen LogP contribution >= 0.6 is 45.2 Å². The molecule has 0 fully saturated rings. The number of nitrogens with zero attached hydrogens (tertiary/aromatic N) is 1. The Morgan fingerprint density at radius 1 is 1.25 bits per heavy atom. The van der Waals surface area contributed by atoms with Gasteiger partial charge in [-0.2, -0.15) is 0 Å². The largest absolute Gasteiger partial charge is 0.495 e. The SMILES string of the molecule is COc1c(I)cc(I)cc1/C=C1\N=C(c2cccc(F)c2)OC1=O. The minimum Gasteiger partial charge on any atom is -0.495 e. The van der Waals surface area contributed by atoms with Crippen LogP contribution in [-0.2, 0) is 9.53 Å². The molecule has 0 saturated heterocycles. The van der Waals surface area contributed by atoms with Crippen LogP contribution in [0.4, 0.5) is 4.39 Å². The molecule has 0 unspecified atom stereocenters. The van der Waals surface area contributed by atoms with Crippen molar-refractivity contribution in [2.45, 2.75) is 0 Å². The van der Waals surface area contributed by atoms with Crippen LogP contribution in [0.15, 0.2) is 47.1 Å². The summed E-state index contributed by atoms with van der Waals surface area (Å²) in [5.74, 6) is -0.251. The van der Waals surface area contributed by atoms with Crippen molar-refractivity contribution < 1.29 is 18.7 Å². The predicted molar refractivity (Wildman–Crippen MR) is 105 cm³/mol. The fourth-order valence-electron chi connectivity index (χ4n) is 2.20. The van der Waals surface area contributed by atoms with E-state index in [0.29, 0.717) is 11.3 Å². The lowest BCUT2D eigenvalue weighted by Crippen LogP contribution is -2.05. The van der Waals surface area contributed by atoms with Gasteiger partial charge in [-0.3, -0.25) is 0 Å². The highest BCUT2D eigenvalue weighted by atomic mass is 127. The number of hydrogen-bond donors (Lipinski definition) is 0. The lowest BCUT2D eigenvalue weighted by atomic mass is 10.1. The Balaban J connectivity index is 2.04. The second-order valence-corrected chi connectivity index (χ2v) is 7.26. The number of esters is 1. The molecule has 0 aliphatic carbocycles. The number of carbonyl (C=O) groups is 1. The topological polar surface area (TPSA) is 47.9 Å². The van der Waals surface area contributed by atoms with Crippen molar-refractivity contribution in [3.8, 4) is 5.75 Å². The van der Waals surface area contributed by atoms with Crippen molar-refractivity contribution in [1.29, 1.82) is 0 Å². The summed E-state index contributed by atoms with van der Waals surface area (Å²) in [4.78, 5) is 16.3. The van der Waals surface area contributed by atoms with Gasteiger partial charge in [-0.15, -0.1) is 0 Å². The summed E-state index contributed by atoms with van der Waals surface area (Å²) < 4.78 is 25.8. The zero-order chi connectivity index (χ0) is 17.3. The summed E-state index contributed by atoms with van der Waals surface area (Å²) in [5.41, 5.74) is 1.28. The molecule has 0 aromatic heterocycles. The molecule has 3 rings (SSSR count). The number of rotatable bonds is 3. The van der Waals surface area contributed by atoms with E-state index >= 15 is 0 Å². The molecular formula is C17H10FI2NO3. The first-order valence-electron chi connectivity index (χ1n) is 6.79. The lowest BCUT2D eigenvalue weighted by Gasteiger charge is -2.08. The minimum atomic E-state index is -0.579. The highest BCUT2D eigenvalue weighted by molar-refractivity contribution is 14.1. The Morgan fingerprint density at radius 3 is 2.75 bits per heavy atom. The molecule has 24 heavy (non-hydrogen) atoms. The number of methoxy groups -OCH3 is 1. The van der Waals surface area contributed by atoms with Crippen molar-refractivity contribution in [1.82, 2.24) is 0 Å². The number of benzene rings is 2. The van der Waals surface area contributed by atoms with Gasteiger partial charge in [0.1, 0.15) is 11.6 Å². The molecule has 0 radical (unpaired) electrons. The number of carbonyl (C=O) groups excluding carboxylic acids is 1. The molecule has 2 aromatic carbocycles. The first-order chi connectivity index (χ1) is 11.5. The summed E-state index contributed by atoms with van der Waals surface area (Å²) in [6, 6.07) is 9.61. The monoisotopic (exact) mass is 549 g/mol. The highest BCUT2D eigenvalue weighted by Gasteiger charge is 2.25. The summed E-state index contributed by atoms with van der Waals surface area (Å²) in [6.07, 6.45) is 1.61. The second kappa shape index (κ2) is 7.18. The van der Waals surface area contributed by atoms with Gasteiger partial charge >= 0.3 is 5.97 Å². The van der Waals surface area contributed by atoms with E-state index in [1.807, 2.05) is 12.1 Å². The predicted octanol–water partition coefficient (Wildman–Crippen LogP) is 4.39. The number of cyclic esters (lactones) is 1. The van der Waals surface area contributed by atoms with Crippen molar-refractivity contribution in [3.63, 3.8) is 0 Å². The van der Waals surface area contributed by atoms with E-state index in [-0.39, 0.29) is 11.6 Å². The van der Waals surface area contributed by atoms with Gasteiger partial charge in [0.05, 0.1) is 10.7 Å². The highest BCUT2D eigenvalue weighted by Crippen LogP contribution is 2.31. The molecule has 4 nitrogen and oxygen atoms in total. The van der Waals surface area contributed by atoms with Gasteiger partial charge in [0.15, 0.2) is 5.70 Å². The molecule has 7 heteroatoms. The van der Waals surface area contributed by atoms with Crippen LogP contribution in [0, 0.1) is 13.0 Å². The van der Waals surface area contributed by atoms with E-state index in [1.54, 1.807) is 19.3 Å². The first-order valence-corrected chi connectivity index (χ1v) is 8.95. The van der Waals surface area contributed by atoms with Gasteiger partial charge in [-0.1, -0.05) is 6.07 Å². The van der Waals surface area contributed by atoms with Crippen LogP contribution in [-0.4, -0.2) is 19.0 Å². The summed E-state index contributed by atoms with van der Waals surface area (Å²) in [6.45, 7) is 0. The van der Waals surface area contributed by atoms with Gasteiger partial charge in [0.2, 0.25) is 5.90 Å². The first kappa shape index (κ1) is 17.3. The Labute approximate surface area is 165 Å². The maximum absolute atomic E-state index is 13.3. The van der Waals surface area contributed by atoms with Crippen molar-refractivity contribution in [2.75, 3.05) is 7.11 Å². The Kier molecular flexibility index (Phi) is 5.18. The number of ether oxygens (including phenoxy) is 2. The van der Waals surface area contributed by atoms with Gasteiger partial charge in [0, 0.05) is 14.7 Å². The molecule has 0 saturated carbocycles. The third kappa shape index (κ3) is 3.61. The van der Waals surface area contributed by atoms with Gasteiger partial charge < -0.3 is 9.47 Å². The standard InChI is InChI=1S/C17H10FI2NO3/c1-23-15-10(6-12(19)8-13(15)20)7-14-17(22)24-16(21-14)9-3-2-4-11(18)5-9/h2-8H,1H3/b14-7-. The molecule has 0 bridgehead atoms. The fraction of sp³-hybridized carbons (Fsp3) is 0.0588. The molecule has 1 aliphatic rings. The molecule has 0 N–H and O–H groups in total. The Morgan fingerprint density at radius 2 is 2.04 bits per heavy atom. The summed E-state index contributed by atoms with van der Waals surface area (Å²) >= 11 is 4.36. The fourth-order valence-corrected chi connectivity index (χ4v) is 4.31. The van der Waals surface area contributed by atoms with Crippen LogP contribution in [0.5, 0.6) is 5.75 Å². The van der Waals surface area contributed by atoms with Gasteiger partial charge in [-0.05, 0) is 81.6 Å². The zero-order valence-corrected chi connectivity index (χ0v) is 16.7. The molecule has 2 aromatic rings. The number of hydrogen-bond acceptors (Lipinski definition) is 4. The van der Waals surface area contributed by atoms with Crippen LogP contribution in [0.1, 0.15) is 11.1 Å². The molecule has 0 amide bonds. The van der Waals surface area contributed by atoms with Crippen LogP contribution in [0.25, 0.3) is 6.08 Å². The van der Waals surface area contributed by atoms with E-state index < -0.39 is 11.8 Å². The quantitative estimate of drug-likeness (QED) is 0.325. The van der Waals surface area contributed by atoms with E-state index in [0.717, 1.165) is 12.7 Å². The van der Waals surface area contributed by atoms with E-state index in [1.165, 1.54) is 18.2 Å². The molecule has 0 atom stereocenters. The van der Waals surface area contributed by atoms with Gasteiger partial charge in [-0.25, -0.2) is 14.2 Å². The number of aliphatic imine (C=N–C) groups is 1. The maximum atomic E-state index is 13.3. The summed E-state index contributed by atoms with van der Waals surface area (Å²) in [5, 5.41) is 0. The molecule has 1 heterocycles. The Bertz CT molecular complexity index is 893. The zero-order valence-electron chi connectivity index (χ0n) is 12.3. The van der Waals surface area contributed by atoms with Crippen LogP contribution in [0.2, 0.25) is 0 Å². The Hall–Kier alpha value is -1.49. The molecule has 122 valence electrons. The van der Waals surface area contributed by atoms with Crippen molar-refractivity contribution in [3.05, 3.63) is 66.2 Å². The van der Waals surface area contributed by atoms with E-state index in [9.17, 15) is 9.18 Å². The molecule has 1 aliphatic heterocycles. The smallest absolute Gasteiger partial charge is 0.363 e. The third-order valence-corrected chi connectivity index (χ3v) is 4.65. The lowest BCUT2D eigenvalue weighted by molar-refractivity contribution is -0.129. The average molecular weight is 549 g/mol. The molecule has 0 spiro atoms. The average Bonchev–Trinajstić information content (AvgIpc) is 2.88. The van der Waals surface area contributed by atoms with Crippen molar-refractivity contribution >= 4 is 63.1 Å². The minimum absolute atomic E-state index is 0.0880. The van der Waals surface area contributed by atoms with Crippen molar-refractivity contribution in [2.24, 2.45) is 4.99 Å². The van der Waals surface area contributed by atoms with E-state index in [4.69, 9.17) is 9.47 Å². The normalized spacial score (nSPS) is 15.4. The van der Waals surface area contributed by atoms with Crippen LogP contribution < -0.4 is 4.74 Å². The third-order valence-electron chi connectivity index (χ3n) is 3.23. The van der Waals surface area contributed by atoms with Crippen LogP contribution in [0.3, 0.4) is 0 Å². The number of halogens is 3. The summed E-state index contributed by atoms with van der Waals surface area (Å²) in [7, 11) is 1.57. The van der Waals surface area contributed by atoms with Gasteiger partial charge in [0.25, 0.3) is 0 Å². The maximum Gasteiger partial charge on any atom is 0.363 e.